The second-order valence-electron chi connectivity index (χ2n) is 6.83. The van der Waals surface area contributed by atoms with Gasteiger partial charge in [-0.05, 0) is 25.1 Å². The van der Waals surface area contributed by atoms with E-state index < -0.39 is 0 Å². The van der Waals surface area contributed by atoms with Gasteiger partial charge in [0, 0.05) is 76.8 Å². The van der Waals surface area contributed by atoms with Gasteiger partial charge < -0.3 is 10.2 Å². The van der Waals surface area contributed by atoms with Crippen LogP contribution in [-0.2, 0) is 0 Å². The molecule has 3 heterocycles. The van der Waals surface area contributed by atoms with Crippen molar-refractivity contribution >= 4 is 0 Å². The Bertz CT molecular complexity index is 458. The van der Waals surface area contributed by atoms with E-state index in [1.165, 1.54) is 38.3 Å². The molecule has 2 aliphatic rings. The standard InChI is InChI=1S/C18H31N5/c1-3-21-9-11-22(12-10-21)15-18(17-5-4-6-19-14-17)23-8-7-20-13-16(23)2/h4-6,14,16,18,20H,3,7-13,15H2,1-2H3. The molecule has 128 valence electrons. The van der Waals surface area contributed by atoms with Crippen LogP contribution in [0.4, 0.5) is 0 Å². The number of nitrogens with one attached hydrogen (secondary N) is 1. The quantitative estimate of drug-likeness (QED) is 0.878. The van der Waals surface area contributed by atoms with Crippen LogP contribution in [0.25, 0.3) is 0 Å². The highest BCUT2D eigenvalue weighted by molar-refractivity contribution is 5.15. The van der Waals surface area contributed by atoms with Gasteiger partial charge in [-0.25, -0.2) is 0 Å². The SMILES string of the molecule is CCN1CCN(CC(c2cccnc2)N2CCNCC2C)CC1. The highest BCUT2D eigenvalue weighted by atomic mass is 15.3. The highest BCUT2D eigenvalue weighted by Gasteiger charge is 2.29. The van der Waals surface area contributed by atoms with Crippen molar-refractivity contribution < 1.29 is 0 Å². The number of pyridine rings is 1. The topological polar surface area (TPSA) is 34.6 Å². The summed E-state index contributed by atoms with van der Waals surface area (Å²) < 4.78 is 0. The second kappa shape index (κ2) is 8.20. The number of hydrogen-bond acceptors (Lipinski definition) is 5. The average Bonchev–Trinajstić information content (AvgIpc) is 2.62. The number of hydrogen-bond donors (Lipinski definition) is 1. The first-order chi connectivity index (χ1) is 11.3. The first kappa shape index (κ1) is 16.8. The van der Waals surface area contributed by atoms with Crippen LogP contribution in [0, 0.1) is 0 Å². The summed E-state index contributed by atoms with van der Waals surface area (Å²) in [5.74, 6) is 0. The van der Waals surface area contributed by atoms with Gasteiger partial charge in [-0.15, -0.1) is 0 Å². The van der Waals surface area contributed by atoms with Crippen LogP contribution >= 0.6 is 0 Å². The van der Waals surface area contributed by atoms with E-state index in [4.69, 9.17) is 0 Å². The van der Waals surface area contributed by atoms with Crippen LogP contribution in [0.2, 0.25) is 0 Å². The molecule has 0 radical (unpaired) electrons. The summed E-state index contributed by atoms with van der Waals surface area (Å²) in [7, 11) is 0. The lowest BCUT2D eigenvalue weighted by Crippen LogP contribution is -2.54. The molecule has 0 aliphatic carbocycles. The molecule has 1 aromatic heterocycles. The summed E-state index contributed by atoms with van der Waals surface area (Å²) in [4.78, 5) is 12.2. The Morgan fingerprint density at radius 2 is 2.00 bits per heavy atom. The molecule has 2 unspecified atom stereocenters. The number of aromatic nitrogens is 1. The maximum absolute atomic E-state index is 4.37. The van der Waals surface area contributed by atoms with Crippen LogP contribution < -0.4 is 5.32 Å². The molecule has 2 aliphatic heterocycles. The minimum atomic E-state index is 0.453. The van der Waals surface area contributed by atoms with Gasteiger partial charge in [-0.1, -0.05) is 13.0 Å². The molecule has 2 atom stereocenters. The van der Waals surface area contributed by atoms with E-state index in [1.807, 2.05) is 6.20 Å². The fraction of sp³-hybridized carbons (Fsp3) is 0.722. The number of likely N-dealkylation sites (N-methyl/N-ethyl adjacent to an activating group) is 1. The zero-order valence-electron chi connectivity index (χ0n) is 14.6. The van der Waals surface area contributed by atoms with Gasteiger partial charge in [0.15, 0.2) is 0 Å². The van der Waals surface area contributed by atoms with Crippen molar-refractivity contribution in [1.29, 1.82) is 0 Å². The molecule has 2 saturated heterocycles. The minimum absolute atomic E-state index is 0.453. The van der Waals surface area contributed by atoms with Gasteiger partial charge in [0.2, 0.25) is 0 Å². The molecule has 0 aromatic carbocycles. The molecule has 23 heavy (non-hydrogen) atoms. The third-order valence-electron chi connectivity index (χ3n) is 5.37. The summed E-state index contributed by atoms with van der Waals surface area (Å²) >= 11 is 0. The molecule has 5 heteroatoms. The molecule has 0 saturated carbocycles. The van der Waals surface area contributed by atoms with Crippen LogP contribution in [0.1, 0.15) is 25.5 Å². The summed E-state index contributed by atoms with van der Waals surface area (Å²) in [6.07, 6.45) is 3.93. The van der Waals surface area contributed by atoms with Crippen molar-refractivity contribution in [3.8, 4) is 0 Å². The average molecular weight is 317 g/mol. The van der Waals surface area contributed by atoms with E-state index in [2.05, 4.69) is 57.2 Å². The Labute approximate surface area is 140 Å². The zero-order chi connectivity index (χ0) is 16.1. The van der Waals surface area contributed by atoms with Gasteiger partial charge in [0.25, 0.3) is 0 Å². The molecule has 1 N–H and O–H groups in total. The molecule has 2 fully saturated rings. The predicted octanol–water partition coefficient (Wildman–Crippen LogP) is 1.05. The normalized spacial score (nSPS) is 26.3. The Kier molecular flexibility index (Phi) is 6.00. The number of nitrogens with zero attached hydrogens (tertiary/aromatic N) is 4. The lowest BCUT2D eigenvalue weighted by atomic mass is 10.0. The first-order valence-electron chi connectivity index (χ1n) is 9.09. The van der Waals surface area contributed by atoms with Crippen molar-refractivity contribution in [2.75, 3.05) is 58.9 Å². The van der Waals surface area contributed by atoms with Crippen LogP contribution in [-0.4, -0.2) is 84.6 Å². The lowest BCUT2D eigenvalue weighted by Gasteiger charge is -2.43. The number of piperazine rings is 2. The molecule has 0 spiro atoms. The first-order valence-corrected chi connectivity index (χ1v) is 9.09. The van der Waals surface area contributed by atoms with E-state index in [9.17, 15) is 0 Å². The zero-order valence-corrected chi connectivity index (χ0v) is 14.6. The van der Waals surface area contributed by atoms with Crippen molar-refractivity contribution in [3.63, 3.8) is 0 Å². The van der Waals surface area contributed by atoms with Gasteiger partial charge >= 0.3 is 0 Å². The summed E-state index contributed by atoms with van der Waals surface area (Å²) in [5, 5.41) is 3.51. The van der Waals surface area contributed by atoms with E-state index >= 15 is 0 Å². The predicted molar refractivity (Wildman–Crippen MR) is 94.6 cm³/mol. The molecular weight excluding hydrogens is 286 g/mol. The monoisotopic (exact) mass is 317 g/mol. The lowest BCUT2D eigenvalue weighted by molar-refractivity contribution is 0.0622. The van der Waals surface area contributed by atoms with Gasteiger partial charge in [-0.2, -0.15) is 0 Å². The van der Waals surface area contributed by atoms with E-state index in [-0.39, 0.29) is 0 Å². The Balaban J connectivity index is 1.70. The van der Waals surface area contributed by atoms with Crippen molar-refractivity contribution in [2.24, 2.45) is 0 Å². The largest absolute Gasteiger partial charge is 0.314 e. The maximum Gasteiger partial charge on any atom is 0.0494 e. The number of rotatable bonds is 5. The summed E-state index contributed by atoms with van der Waals surface area (Å²) in [6.45, 7) is 15.0. The van der Waals surface area contributed by atoms with Gasteiger partial charge in [0.05, 0.1) is 0 Å². The van der Waals surface area contributed by atoms with Crippen LogP contribution in [0.5, 0.6) is 0 Å². The minimum Gasteiger partial charge on any atom is -0.314 e. The third kappa shape index (κ3) is 4.29. The van der Waals surface area contributed by atoms with Crippen molar-refractivity contribution in [2.45, 2.75) is 25.9 Å². The third-order valence-corrected chi connectivity index (χ3v) is 5.37. The Morgan fingerprint density at radius 3 is 2.65 bits per heavy atom. The van der Waals surface area contributed by atoms with E-state index in [1.54, 1.807) is 0 Å². The molecule has 1 aromatic rings. The summed E-state index contributed by atoms with van der Waals surface area (Å²) in [6, 6.07) is 5.35. The van der Waals surface area contributed by atoms with Gasteiger partial charge in [0.1, 0.15) is 0 Å². The molecule has 3 rings (SSSR count). The van der Waals surface area contributed by atoms with Crippen LogP contribution in [0.3, 0.4) is 0 Å². The highest BCUT2D eigenvalue weighted by Crippen LogP contribution is 2.25. The smallest absolute Gasteiger partial charge is 0.0494 e. The van der Waals surface area contributed by atoms with E-state index in [0.29, 0.717) is 12.1 Å². The second-order valence-corrected chi connectivity index (χ2v) is 6.83. The molecular formula is C18H31N5. The maximum atomic E-state index is 4.37. The Hall–Kier alpha value is -1.01. The van der Waals surface area contributed by atoms with E-state index in [0.717, 1.165) is 26.2 Å². The molecule has 0 amide bonds. The van der Waals surface area contributed by atoms with Crippen molar-refractivity contribution in [3.05, 3.63) is 30.1 Å². The molecule has 5 nitrogen and oxygen atoms in total. The summed E-state index contributed by atoms with van der Waals surface area (Å²) in [5.41, 5.74) is 1.36. The van der Waals surface area contributed by atoms with Crippen molar-refractivity contribution in [1.82, 2.24) is 25.0 Å². The Morgan fingerprint density at radius 1 is 1.22 bits per heavy atom. The molecule has 0 bridgehead atoms. The van der Waals surface area contributed by atoms with Crippen LogP contribution in [0.15, 0.2) is 24.5 Å². The fourth-order valence-electron chi connectivity index (χ4n) is 3.83. The fourth-order valence-corrected chi connectivity index (χ4v) is 3.83. The van der Waals surface area contributed by atoms with Gasteiger partial charge in [-0.3, -0.25) is 14.8 Å².